The first-order chi connectivity index (χ1) is 16.9. The zero-order valence-electron chi connectivity index (χ0n) is 18.6. The Morgan fingerprint density at radius 3 is 2.23 bits per heavy atom. The number of benzene rings is 3. The van der Waals surface area contributed by atoms with Crippen molar-refractivity contribution in [2.45, 2.75) is 13.3 Å². The van der Waals surface area contributed by atoms with E-state index >= 15 is 0 Å². The SMILES string of the molecule is CCCOc1ccc(C(=O)Oc2ccc(/C=N\NC(=O)C(=O)Nc3ccc(Cl)c(Cl)c3)cc2)cc1. The highest BCUT2D eigenvalue weighted by Crippen LogP contribution is 2.25. The fourth-order valence-corrected chi connectivity index (χ4v) is 2.97. The van der Waals surface area contributed by atoms with Crippen molar-refractivity contribution in [2.75, 3.05) is 11.9 Å². The molecule has 0 fully saturated rings. The van der Waals surface area contributed by atoms with Gasteiger partial charge in [0.1, 0.15) is 11.5 Å². The number of nitrogens with zero attached hydrogens (tertiary/aromatic N) is 1. The highest BCUT2D eigenvalue weighted by atomic mass is 35.5. The lowest BCUT2D eigenvalue weighted by molar-refractivity contribution is -0.136. The lowest BCUT2D eigenvalue weighted by Crippen LogP contribution is -2.32. The predicted octanol–water partition coefficient (Wildman–Crippen LogP) is 5.09. The second kappa shape index (κ2) is 12.5. The Bertz CT molecular complexity index is 1230. The van der Waals surface area contributed by atoms with Crippen LogP contribution in [0.15, 0.2) is 71.8 Å². The van der Waals surface area contributed by atoms with Gasteiger partial charge in [0, 0.05) is 5.69 Å². The number of anilines is 1. The summed E-state index contributed by atoms with van der Waals surface area (Å²) < 4.78 is 10.9. The quantitative estimate of drug-likeness (QED) is 0.143. The number of nitrogens with one attached hydrogen (secondary N) is 2. The topological polar surface area (TPSA) is 106 Å². The molecule has 3 aromatic rings. The highest BCUT2D eigenvalue weighted by Gasteiger charge is 2.13. The molecular weight excluding hydrogens is 493 g/mol. The van der Waals surface area contributed by atoms with E-state index in [2.05, 4.69) is 15.8 Å². The second-order valence-corrected chi connectivity index (χ2v) is 7.93. The molecule has 0 atom stereocenters. The van der Waals surface area contributed by atoms with Crippen LogP contribution in [0.1, 0.15) is 29.3 Å². The van der Waals surface area contributed by atoms with E-state index in [1.54, 1.807) is 48.5 Å². The van der Waals surface area contributed by atoms with Gasteiger partial charge in [-0.25, -0.2) is 10.2 Å². The zero-order valence-corrected chi connectivity index (χ0v) is 20.1. The van der Waals surface area contributed by atoms with Gasteiger partial charge in [-0.3, -0.25) is 9.59 Å². The van der Waals surface area contributed by atoms with Crippen LogP contribution >= 0.6 is 23.2 Å². The van der Waals surface area contributed by atoms with Gasteiger partial charge in [0.15, 0.2) is 0 Å². The van der Waals surface area contributed by atoms with E-state index in [9.17, 15) is 14.4 Å². The molecule has 3 aromatic carbocycles. The third kappa shape index (κ3) is 7.84. The summed E-state index contributed by atoms with van der Waals surface area (Å²) in [5.41, 5.74) is 3.44. The van der Waals surface area contributed by atoms with E-state index in [4.69, 9.17) is 32.7 Å². The molecule has 3 rings (SSSR count). The molecule has 0 saturated heterocycles. The molecule has 180 valence electrons. The number of carbonyl (C=O) groups is 3. The van der Waals surface area contributed by atoms with Gasteiger partial charge in [-0.05, 0) is 78.7 Å². The van der Waals surface area contributed by atoms with Crippen molar-refractivity contribution in [1.29, 1.82) is 0 Å². The minimum absolute atomic E-state index is 0.243. The zero-order chi connectivity index (χ0) is 25.2. The van der Waals surface area contributed by atoms with Gasteiger partial charge in [-0.15, -0.1) is 0 Å². The molecule has 35 heavy (non-hydrogen) atoms. The summed E-state index contributed by atoms with van der Waals surface area (Å²) in [4.78, 5) is 36.2. The van der Waals surface area contributed by atoms with Crippen LogP contribution in [0.5, 0.6) is 11.5 Å². The number of halogens is 2. The average Bonchev–Trinajstić information content (AvgIpc) is 2.86. The standard InChI is InChI=1S/C25H21Cl2N3O5/c1-2-13-34-19-10-5-17(6-11-19)25(33)35-20-8-3-16(4-9-20)15-28-30-24(32)23(31)29-18-7-12-21(26)22(27)14-18/h3-12,14-15H,2,13H2,1H3,(H,29,31)(H,30,32)/b28-15-. The smallest absolute Gasteiger partial charge is 0.343 e. The Morgan fingerprint density at radius 1 is 0.886 bits per heavy atom. The summed E-state index contributed by atoms with van der Waals surface area (Å²) in [6, 6.07) is 17.5. The minimum Gasteiger partial charge on any atom is -0.494 e. The van der Waals surface area contributed by atoms with Crippen molar-refractivity contribution < 1.29 is 23.9 Å². The summed E-state index contributed by atoms with van der Waals surface area (Å²) in [5, 5.41) is 6.71. The molecule has 0 unspecified atom stereocenters. The maximum absolute atomic E-state index is 12.3. The number of hydrogen-bond acceptors (Lipinski definition) is 6. The largest absolute Gasteiger partial charge is 0.494 e. The van der Waals surface area contributed by atoms with Gasteiger partial charge in [0.05, 0.1) is 28.4 Å². The molecule has 10 heteroatoms. The molecule has 0 aliphatic rings. The first-order valence-electron chi connectivity index (χ1n) is 10.5. The van der Waals surface area contributed by atoms with Crippen LogP contribution in [0.2, 0.25) is 10.0 Å². The Morgan fingerprint density at radius 2 is 1.57 bits per heavy atom. The number of hydrazone groups is 1. The number of esters is 1. The van der Waals surface area contributed by atoms with Crippen LogP contribution in [0.3, 0.4) is 0 Å². The van der Waals surface area contributed by atoms with Crippen LogP contribution in [-0.2, 0) is 9.59 Å². The molecule has 0 aliphatic carbocycles. The van der Waals surface area contributed by atoms with Gasteiger partial charge in [0.25, 0.3) is 0 Å². The van der Waals surface area contributed by atoms with E-state index in [-0.39, 0.29) is 5.02 Å². The van der Waals surface area contributed by atoms with E-state index < -0.39 is 17.8 Å². The van der Waals surface area contributed by atoms with Crippen molar-refractivity contribution >= 4 is 52.9 Å². The number of hydrogen-bond donors (Lipinski definition) is 2. The molecule has 0 saturated carbocycles. The normalized spacial score (nSPS) is 10.6. The van der Waals surface area contributed by atoms with Gasteiger partial charge in [0.2, 0.25) is 0 Å². The van der Waals surface area contributed by atoms with Gasteiger partial charge in [-0.2, -0.15) is 5.10 Å². The van der Waals surface area contributed by atoms with Crippen molar-refractivity contribution in [3.05, 3.63) is 87.9 Å². The molecule has 0 spiro atoms. The Hall–Kier alpha value is -3.88. The van der Waals surface area contributed by atoms with Gasteiger partial charge >= 0.3 is 17.8 Å². The summed E-state index contributed by atoms with van der Waals surface area (Å²) in [6.45, 7) is 2.62. The summed E-state index contributed by atoms with van der Waals surface area (Å²) >= 11 is 11.7. The molecule has 0 bridgehead atoms. The predicted molar refractivity (Wildman–Crippen MR) is 134 cm³/mol. The third-order valence-corrected chi connectivity index (χ3v) is 5.16. The minimum atomic E-state index is -0.969. The number of amides is 2. The molecule has 0 aliphatic heterocycles. The van der Waals surface area contributed by atoms with Crippen molar-refractivity contribution in [3.8, 4) is 11.5 Å². The van der Waals surface area contributed by atoms with Crippen molar-refractivity contribution in [3.63, 3.8) is 0 Å². The second-order valence-electron chi connectivity index (χ2n) is 7.11. The van der Waals surface area contributed by atoms with E-state index in [0.717, 1.165) is 6.42 Å². The number of carbonyl (C=O) groups excluding carboxylic acids is 3. The lowest BCUT2D eigenvalue weighted by Gasteiger charge is -2.07. The highest BCUT2D eigenvalue weighted by molar-refractivity contribution is 6.43. The maximum Gasteiger partial charge on any atom is 0.343 e. The summed E-state index contributed by atoms with van der Waals surface area (Å²) in [5.74, 6) is -1.38. The van der Waals surface area contributed by atoms with Crippen molar-refractivity contribution in [1.82, 2.24) is 5.43 Å². The maximum atomic E-state index is 12.3. The molecule has 0 heterocycles. The Kier molecular flexibility index (Phi) is 9.23. The van der Waals surface area contributed by atoms with Crippen LogP contribution < -0.4 is 20.2 Å². The first kappa shape index (κ1) is 25.7. The molecule has 0 radical (unpaired) electrons. The van der Waals surface area contributed by atoms with Gasteiger partial charge in [-0.1, -0.05) is 30.1 Å². The molecular formula is C25H21Cl2N3O5. The van der Waals surface area contributed by atoms with Gasteiger partial charge < -0.3 is 14.8 Å². The molecule has 2 N–H and O–H groups in total. The van der Waals surface area contributed by atoms with Crippen LogP contribution in [0.25, 0.3) is 0 Å². The van der Waals surface area contributed by atoms with E-state index in [0.29, 0.717) is 39.9 Å². The third-order valence-electron chi connectivity index (χ3n) is 4.42. The molecule has 8 nitrogen and oxygen atoms in total. The molecule has 0 aromatic heterocycles. The Labute approximate surface area is 211 Å². The Balaban J connectivity index is 1.48. The molecule has 2 amide bonds. The summed E-state index contributed by atoms with van der Waals surface area (Å²) in [7, 11) is 0. The fourth-order valence-electron chi connectivity index (χ4n) is 2.67. The average molecular weight is 514 g/mol. The number of rotatable bonds is 8. The lowest BCUT2D eigenvalue weighted by atomic mass is 10.2. The van der Waals surface area contributed by atoms with E-state index in [1.807, 2.05) is 6.92 Å². The first-order valence-corrected chi connectivity index (χ1v) is 11.3. The van der Waals surface area contributed by atoms with Crippen molar-refractivity contribution in [2.24, 2.45) is 5.10 Å². The van der Waals surface area contributed by atoms with Crippen LogP contribution in [0.4, 0.5) is 5.69 Å². The number of ether oxygens (including phenoxy) is 2. The summed E-state index contributed by atoms with van der Waals surface area (Å²) in [6.07, 6.45) is 2.23. The fraction of sp³-hybridized carbons (Fsp3) is 0.120. The van der Waals surface area contributed by atoms with E-state index in [1.165, 1.54) is 24.4 Å². The van der Waals surface area contributed by atoms with Crippen LogP contribution in [-0.4, -0.2) is 30.6 Å². The van der Waals surface area contributed by atoms with Crippen LogP contribution in [0, 0.1) is 0 Å². The monoisotopic (exact) mass is 513 g/mol.